The maximum absolute atomic E-state index is 12.2. The first-order valence-electron chi connectivity index (χ1n) is 7.38. The molecule has 1 aromatic heterocycles. The van der Waals surface area contributed by atoms with Crippen LogP contribution in [0.4, 0.5) is 5.69 Å². The first-order valence-corrected chi connectivity index (χ1v) is 7.38. The van der Waals surface area contributed by atoms with Gasteiger partial charge in [-0.15, -0.1) is 0 Å². The Bertz CT molecular complexity index is 659. The summed E-state index contributed by atoms with van der Waals surface area (Å²) in [6.07, 6.45) is 0.382. The fourth-order valence-electron chi connectivity index (χ4n) is 2.42. The summed E-state index contributed by atoms with van der Waals surface area (Å²) in [7, 11) is 1.62. The molecule has 2 rings (SSSR count). The van der Waals surface area contributed by atoms with Crippen LogP contribution in [0.2, 0.25) is 0 Å². The van der Waals surface area contributed by atoms with E-state index in [2.05, 4.69) is 17.3 Å². The zero-order valence-corrected chi connectivity index (χ0v) is 13.8. The summed E-state index contributed by atoms with van der Waals surface area (Å²) in [6, 6.07) is 7.32. The average molecular weight is 301 g/mol. The predicted octanol–water partition coefficient (Wildman–Crippen LogP) is 3.41. The molecule has 0 radical (unpaired) electrons. The molecule has 118 valence electrons. The van der Waals surface area contributed by atoms with Crippen LogP contribution in [0, 0.1) is 20.8 Å². The zero-order valence-electron chi connectivity index (χ0n) is 13.8. The van der Waals surface area contributed by atoms with Crippen molar-refractivity contribution in [2.75, 3.05) is 12.4 Å². The second-order valence-electron chi connectivity index (χ2n) is 5.57. The number of hydrogen-bond acceptors (Lipinski definition) is 3. The molecule has 0 saturated carbocycles. The van der Waals surface area contributed by atoms with Gasteiger partial charge in [-0.25, -0.2) is 0 Å². The van der Waals surface area contributed by atoms with E-state index in [0.29, 0.717) is 6.42 Å². The lowest BCUT2D eigenvalue weighted by molar-refractivity contribution is -0.116. The Hall–Kier alpha value is -2.30. The number of nitrogens with zero attached hydrogens (tertiary/aromatic N) is 2. The highest BCUT2D eigenvalue weighted by Crippen LogP contribution is 2.20. The number of aryl methyl sites for hydroxylation is 1. The van der Waals surface area contributed by atoms with Gasteiger partial charge in [0.25, 0.3) is 0 Å². The average Bonchev–Trinajstić information content (AvgIpc) is 2.75. The molecule has 5 heteroatoms. The molecule has 1 aromatic carbocycles. The summed E-state index contributed by atoms with van der Waals surface area (Å²) in [5.41, 5.74) is 4.08. The topological polar surface area (TPSA) is 56.1 Å². The van der Waals surface area contributed by atoms with Crippen molar-refractivity contribution in [3.05, 3.63) is 41.2 Å². The van der Waals surface area contributed by atoms with Crippen molar-refractivity contribution in [3.63, 3.8) is 0 Å². The number of carbonyl (C=O) groups excluding carboxylic acids is 1. The third-order valence-corrected chi connectivity index (χ3v) is 3.96. The summed E-state index contributed by atoms with van der Waals surface area (Å²) in [5.74, 6) is 0.743. The van der Waals surface area contributed by atoms with Crippen LogP contribution in [0.3, 0.4) is 0 Å². The molecule has 1 amide bonds. The van der Waals surface area contributed by atoms with Gasteiger partial charge in [-0.3, -0.25) is 9.48 Å². The Labute approximate surface area is 131 Å². The molecule has 5 nitrogen and oxygen atoms in total. The monoisotopic (exact) mass is 301 g/mol. The lowest BCUT2D eigenvalue weighted by atomic mass is 10.2. The van der Waals surface area contributed by atoms with Crippen molar-refractivity contribution in [2.24, 2.45) is 0 Å². The molecule has 0 saturated heterocycles. The number of rotatable bonds is 5. The van der Waals surface area contributed by atoms with Crippen LogP contribution in [-0.4, -0.2) is 22.8 Å². The number of benzene rings is 1. The number of aromatic nitrogens is 2. The Balaban J connectivity index is 2.00. The minimum atomic E-state index is -0.0251. The Morgan fingerprint density at radius 3 is 2.41 bits per heavy atom. The number of ether oxygens (including phenoxy) is 1. The van der Waals surface area contributed by atoms with Crippen LogP contribution >= 0.6 is 0 Å². The molecule has 2 aromatic rings. The molecule has 0 aliphatic carbocycles. The standard InChI is InChI=1S/C17H23N3O2/c1-11(20-14(4)12(2)13(3)19-20)10-17(21)18-15-6-8-16(22-5)9-7-15/h6-9,11H,10H2,1-5H3,(H,18,21)/t11-/m0/s1. The number of methoxy groups -OCH3 is 1. The van der Waals surface area contributed by atoms with Gasteiger partial charge in [0, 0.05) is 17.8 Å². The SMILES string of the molecule is COc1ccc(NC(=O)C[C@H](C)n2nc(C)c(C)c2C)cc1. The Morgan fingerprint density at radius 2 is 1.91 bits per heavy atom. The molecular weight excluding hydrogens is 278 g/mol. The van der Waals surface area contributed by atoms with Crippen molar-refractivity contribution >= 4 is 11.6 Å². The van der Waals surface area contributed by atoms with Gasteiger partial charge < -0.3 is 10.1 Å². The second kappa shape index (κ2) is 6.64. The van der Waals surface area contributed by atoms with Crippen LogP contribution in [-0.2, 0) is 4.79 Å². The summed E-state index contributed by atoms with van der Waals surface area (Å²) in [6.45, 7) is 8.08. The molecule has 1 heterocycles. The van der Waals surface area contributed by atoms with Gasteiger partial charge in [-0.1, -0.05) is 0 Å². The molecule has 0 aliphatic heterocycles. The first-order chi connectivity index (χ1) is 10.4. The van der Waals surface area contributed by atoms with Gasteiger partial charge in [-0.2, -0.15) is 5.10 Å². The van der Waals surface area contributed by atoms with E-state index in [1.807, 2.05) is 49.7 Å². The molecule has 0 unspecified atom stereocenters. The van der Waals surface area contributed by atoms with Crippen LogP contribution in [0.15, 0.2) is 24.3 Å². The number of anilines is 1. The van der Waals surface area contributed by atoms with Crippen LogP contribution in [0.5, 0.6) is 5.75 Å². The highest BCUT2D eigenvalue weighted by molar-refractivity contribution is 5.91. The van der Waals surface area contributed by atoms with E-state index in [-0.39, 0.29) is 11.9 Å². The van der Waals surface area contributed by atoms with Gasteiger partial charge in [0.05, 0.1) is 18.8 Å². The molecule has 1 N–H and O–H groups in total. The molecule has 0 spiro atoms. The third-order valence-electron chi connectivity index (χ3n) is 3.96. The van der Waals surface area contributed by atoms with Crippen molar-refractivity contribution in [2.45, 2.75) is 40.2 Å². The maximum atomic E-state index is 12.2. The van der Waals surface area contributed by atoms with Gasteiger partial charge in [0.1, 0.15) is 5.75 Å². The molecule has 22 heavy (non-hydrogen) atoms. The molecule has 0 fully saturated rings. The van der Waals surface area contributed by atoms with E-state index >= 15 is 0 Å². The number of amides is 1. The summed E-state index contributed by atoms with van der Waals surface area (Å²) in [4.78, 5) is 12.2. The first kappa shape index (κ1) is 16.1. The van der Waals surface area contributed by atoms with Crippen molar-refractivity contribution in [1.29, 1.82) is 0 Å². The van der Waals surface area contributed by atoms with Crippen LogP contribution in [0.1, 0.15) is 36.3 Å². The molecule has 0 aliphatic rings. The van der Waals surface area contributed by atoms with E-state index in [9.17, 15) is 4.79 Å². The lowest BCUT2D eigenvalue weighted by Gasteiger charge is -2.14. The van der Waals surface area contributed by atoms with Crippen molar-refractivity contribution in [3.8, 4) is 5.75 Å². The highest BCUT2D eigenvalue weighted by Gasteiger charge is 2.16. The minimum Gasteiger partial charge on any atom is -0.497 e. The number of nitrogens with one attached hydrogen (secondary N) is 1. The smallest absolute Gasteiger partial charge is 0.226 e. The van der Waals surface area contributed by atoms with Crippen LogP contribution in [0.25, 0.3) is 0 Å². The van der Waals surface area contributed by atoms with Crippen molar-refractivity contribution in [1.82, 2.24) is 9.78 Å². The van der Waals surface area contributed by atoms with E-state index in [1.54, 1.807) is 7.11 Å². The van der Waals surface area contributed by atoms with Gasteiger partial charge >= 0.3 is 0 Å². The maximum Gasteiger partial charge on any atom is 0.226 e. The largest absolute Gasteiger partial charge is 0.497 e. The normalized spacial score (nSPS) is 12.0. The van der Waals surface area contributed by atoms with Gasteiger partial charge in [0.15, 0.2) is 0 Å². The summed E-state index contributed by atoms with van der Waals surface area (Å²) < 4.78 is 7.03. The molecule has 1 atom stereocenters. The summed E-state index contributed by atoms with van der Waals surface area (Å²) >= 11 is 0. The summed E-state index contributed by atoms with van der Waals surface area (Å²) in [5, 5.41) is 7.41. The molecular formula is C17H23N3O2. The lowest BCUT2D eigenvalue weighted by Crippen LogP contribution is -2.19. The van der Waals surface area contributed by atoms with Gasteiger partial charge in [0.2, 0.25) is 5.91 Å². The van der Waals surface area contributed by atoms with Crippen molar-refractivity contribution < 1.29 is 9.53 Å². The fourth-order valence-corrected chi connectivity index (χ4v) is 2.42. The molecule has 0 bridgehead atoms. The zero-order chi connectivity index (χ0) is 16.3. The number of hydrogen-bond donors (Lipinski definition) is 1. The highest BCUT2D eigenvalue weighted by atomic mass is 16.5. The Morgan fingerprint density at radius 1 is 1.27 bits per heavy atom. The number of carbonyl (C=O) groups is 1. The minimum absolute atomic E-state index is 0.0191. The third kappa shape index (κ3) is 3.47. The predicted molar refractivity (Wildman–Crippen MR) is 87.4 cm³/mol. The van der Waals surface area contributed by atoms with Gasteiger partial charge in [-0.05, 0) is 57.5 Å². The fraction of sp³-hybridized carbons (Fsp3) is 0.412. The van der Waals surface area contributed by atoms with E-state index < -0.39 is 0 Å². The van der Waals surface area contributed by atoms with E-state index in [4.69, 9.17) is 4.74 Å². The van der Waals surface area contributed by atoms with E-state index in [0.717, 1.165) is 22.8 Å². The van der Waals surface area contributed by atoms with Crippen LogP contribution < -0.4 is 10.1 Å². The van der Waals surface area contributed by atoms with E-state index in [1.165, 1.54) is 5.56 Å². The second-order valence-corrected chi connectivity index (χ2v) is 5.57. The quantitative estimate of drug-likeness (QED) is 0.920. The Kier molecular flexibility index (Phi) is 4.85.